The van der Waals surface area contributed by atoms with Gasteiger partial charge in [0.2, 0.25) is 11.8 Å². The monoisotopic (exact) mass is 335 g/mol. The summed E-state index contributed by atoms with van der Waals surface area (Å²) in [7, 11) is 0. The SMILES string of the molecule is CC(C)c1ccc(OCCOCC(O)CN2C(=O)CCC2=O)cc1. The second kappa shape index (κ2) is 8.80. The van der Waals surface area contributed by atoms with Crippen molar-refractivity contribution in [1.29, 1.82) is 0 Å². The normalized spacial score (nSPS) is 16.1. The van der Waals surface area contributed by atoms with Crippen molar-refractivity contribution < 1.29 is 24.2 Å². The molecule has 0 saturated carbocycles. The number of imide groups is 1. The summed E-state index contributed by atoms with van der Waals surface area (Å²) < 4.78 is 10.9. The number of benzene rings is 1. The Bertz CT molecular complexity index is 539. The highest BCUT2D eigenvalue weighted by Gasteiger charge is 2.30. The van der Waals surface area contributed by atoms with Gasteiger partial charge in [-0.15, -0.1) is 0 Å². The van der Waals surface area contributed by atoms with Crippen molar-refractivity contribution in [3.8, 4) is 5.75 Å². The van der Waals surface area contributed by atoms with Crippen LogP contribution < -0.4 is 4.74 Å². The van der Waals surface area contributed by atoms with E-state index in [1.54, 1.807) is 0 Å². The largest absolute Gasteiger partial charge is 0.491 e. The van der Waals surface area contributed by atoms with Crippen LogP contribution >= 0.6 is 0 Å². The van der Waals surface area contributed by atoms with E-state index in [9.17, 15) is 14.7 Å². The van der Waals surface area contributed by atoms with Crippen LogP contribution in [0.4, 0.5) is 0 Å². The van der Waals surface area contributed by atoms with Crippen LogP contribution in [0.1, 0.15) is 38.2 Å². The van der Waals surface area contributed by atoms with E-state index in [-0.39, 0.29) is 37.8 Å². The Hall–Kier alpha value is -1.92. The van der Waals surface area contributed by atoms with E-state index >= 15 is 0 Å². The van der Waals surface area contributed by atoms with Crippen molar-refractivity contribution in [3.05, 3.63) is 29.8 Å². The van der Waals surface area contributed by atoms with Gasteiger partial charge in [0, 0.05) is 12.8 Å². The van der Waals surface area contributed by atoms with Crippen molar-refractivity contribution in [2.75, 3.05) is 26.4 Å². The Labute approximate surface area is 142 Å². The predicted octanol–water partition coefficient (Wildman–Crippen LogP) is 1.72. The Kier molecular flexibility index (Phi) is 6.75. The summed E-state index contributed by atoms with van der Waals surface area (Å²) >= 11 is 0. The number of carbonyl (C=O) groups excluding carboxylic acids is 2. The third-order valence-corrected chi connectivity index (χ3v) is 3.90. The molecule has 2 rings (SSSR count). The molecule has 1 aliphatic rings. The second-order valence-electron chi connectivity index (χ2n) is 6.20. The van der Waals surface area contributed by atoms with Crippen LogP contribution in [-0.2, 0) is 14.3 Å². The number of likely N-dealkylation sites (tertiary alicyclic amines) is 1. The van der Waals surface area contributed by atoms with Gasteiger partial charge in [0.05, 0.1) is 25.9 Å². The van der Waals surface area contributed by atoms with Gasteiger partial charge in [0.25, 0.3) is 0 Å². The first-order chi connectivity index (χ1) is 11.5. The summed E-state index contributed by atoms with van der Waals surface area (Å²) in [5.41, 5.74) is 1.26. The topological polar surface area (TPSA) is 76.1 Å². The molecule has 132 valence electrons. The van der Waals surface area contributed by atoms with Gasteiger partial charge in [-0.1, -0.05) is 26.0 Å². The lowest BCUT2D eigenvalue weighted by Gasteiger charge is -2.18. The lowest BCUT2D eigenvalue weighted by molar-refractivity contribution is -0.140. The van der Waals surface area contributed by atoms with E-state index in [2.05, 4.69) is 13.8 Å². The van der Waals surface area contributed by atoms with Crippen molar-refractivity contribution >= 4 is 11.8 Å². The summed E-state index contributed by atoms with van der Waals surface area (Å²) in [6.07, 6.45) is -0.410. The number of carbonyl (C=O) groups is 2. The van der Waals surface area contributed by atoms with Crippen LogP contribution in [0.3, 0.4) is 0 Å². The minimum absolute atomic E-state index is 0.00477. The fourth-order valence-electron chi connectivity index (χ4n) is 2.48. The molecule has 24 heavy (non-hydrogen) atoms. The molecule has 1 unspecified atom stereocenters. The molecule has 0 bridgehead atoms. The Morgan fingerprint density at radius 2 is 1.71 bits per heavy atom. The Balaban J connectivity index is 1.60. The smallest absolute Gasteiger partial charge is 0.229 e. The maximum atomic E-state index is 11.5. The molecule has 2 amide bonds. The quantitative estimate of drug-likeness (QED) is 0.549. The molecular weight excluding hydrogens is 310 g/mol. The Morgan fingerprint density at radius 3 is 2.29 bits per heavy atom. The molecule has 1 aromatic rings. The highest BCUT2D eigenvalue weighted by Crippen LogP contribution is 2.18. The van der Waals surface area contributed by atoms with E-state index in [4.69, 9.17) is 9.47 Å². The summed E-state index contributed by atoms with van der Waals surface area (Å²) in [5, 5.41) is 9.83. The van der Waals surface area contributed by atoms with Crippen LogP contribution in [0.2, 0.25) is 0 Å². The number of ether oxygens (including phenoxy) is 2. The minimum Gasteiger partial charge on any atom is -0.491 e. The van der Waals surface area contributed by atoms with Gasteiger partial charge in [-0.05, 0) is 23.6 Å². The van der Waals surface area contributed by atoms with Crippen LogP contribution in [0.5, 0.6) is 5.75 Å². The number of nitrogens with zero attached hydrogens (tertiary/aromatic N) is 1. The van der Waals surface area contributed by atoms with Crippen LogP contribution in [0, 0.1) is 0 Å². The van der Waals surface area contributed by atoms with Gasteiger partial charge in [-0.3, -0.25) is 14.5 Å². The number of β-amino-alcohol motifs (C(OH)–C–C–N with tert-alkyl or cyclic N) is 1. The fraction of sp³-hybridized carbons (Fsp3) is 0.556. The Morgan fingerprint density at radius 1 is 1.08 bits per heavy atom. The summed E-state index contributed by atoms with van der Waals surface area (Å²) in [4.78, 5) is 24.0. The first-order valence-corrected chi connectivity index (χ1v) is 8.29. The highest BCUT2D eigenvalue weighted by atomic mass is 16.5. The number of aliphatic hydroxyl groups is 1. The lowest BCUT2D eigenvalue weighted by atomic mass is 10.0. The standard InChI is InChI=1S/C18H25NO5/c1-13(2)14-3-5-16(6-4-14)24-10-9-23-12-15(20)11-19-17(21)7-8-18(19)22/h3-6,13,15,20H,7-12H2,1-2H3. The summed E-state index contributed by atoms with van der Waals surface area (Å²) in [6.45, 7) is 5.03. The average Bonchev–Trinajstić information content (AvgIpc) is 2.87. The molecule has 1 saturated heterocycles. The molecule has 1 heterocycles. The van der Waals surface area contributed by atoms with Crippen LogP contribution in [-0.4, -0.2) is 54.3 Å². The molecular formula is C18H25NO5. The van der Waals surface area contributed by atoms with Gasteiger partial charge in [-0.2, -0.15) is 0 Å². The van der Waals surface area contributed by atoms with Crippen molar-refractivity contribution in [2.45, 2.75) is 38.7 Å². The van der Waals surface area contributed by atoms with Gasteiger partial charge in [0.1, 0.15) is 12.4 Å². The zero-order chi connectivity index (χ0) is 17.5. The van der Waals surface area contributed by atoms with E-state index < -0.39 is 6.10 Å². The number of aliphatic hydroxyl groups excluding tert-OH is 1. The van der Waals surface area contributed by atoms with Crippen molar-refractivity contribution in [3.63, 3.8) is 0 Å². The van der Waals surface area contributed by atoms with E-state index in [1.807, 2.05) is 24.3 Å². The third kappa shape index (κ3) is 5.32. The first-order valence-electron chi connectivity index (χ1n) is 8.29. The highest BCUT2D eigenvalue weighted by molar-refractivity contribution is 6.01. The lowest BCUT2D eigenvalue weighted by Crippen LogP contribution is -2.38. The molecule has 1 N–H and O–H groups in total. The molecule has 0 aromatic heterocycles. The zero-order valence-electron chi connectivity index (χ0n) is 14.2. The van der Waals surface area contributed by atoms with E-state index in [0.29, 0.717) is 19.1 Å². The molecule has 6 heteroatoms. The van der Waals surface area contributed by atoms with Crippen LogP contribution in [0.15, 0.2) is 24.3 Å². The molecule has 1 atom stereocenters. The third-order valence-electron chi connectivity index (χ3n) is 3.90. The van der Waals surface area contributed by atoms with Crippen LogP contribution in [0.25, 0.3) is 0 Å². The first kappa shape index (κ1) is 18.4. The van der Waals surface area contributed by atoms with E-state index in [0.717, 1.165) is 10.6 Å². The number of hydrogen-bond acceptors (Lipinski definition) is 5. The summed E-state index contributed by atoms with van der Waals surface area (Å²) in [5.74, 6) is 0.800. The predicted molar refractivity (Wildman–Crippen MR) is 88.8 cm³/mol. The number of amides is 2. The molecule has 1 aliphatic heterocycles. The number of hydrogen-bond donors (Lipinski definition) is 1. The maximum absolute atomic E-state index is 11.5. The molecule has 0 radical (unpaired) electrons. The van der Waals surface area contributed by atoms with Gasteiger partial charge >= 0.3 is 0 Å². The van der Waals surface area contributed by atoms with Gasteiger partial charge in [0.15, 0.2) is 0 Å². The minimum atomic E-state index is -0.874. The maximum Gasteiger partial charge on any atom is 0.229 e. The van der Waals surface area contributed by atoms with Crippen molar-refractivity contribution in [2.24, 2.45) is 0 Å². The zero-order valence-corrected chi connectivity index (χ0v) is 14.2. The summed E-state index contributed by atoms with van der Waals surface area (Å²) in [6, 6.07) is 7.92. The number of rotatable bonds is 9. The molecule has 0 aliphatic carbocycles. The molecule has 0 spiro atoms. The molecule has 1 aromatic carbocycles. The fourth-order valence-corrected chi connectivity index (χ4v) is 2.48. The van der Waals surface area contributed by atoms with E-state index in [1.165, 1.54) is 5.56 Å². The average molecular weight is 335 g/mol. The van der Waals surface area contributed by atoms with Crippen molar-refractivity contribution in [1.82, 2.24) is 4.90 Å². The van der Waals surface area contributed by atoms with Gasteiger partial charge in [-0.25, -0.2) is 0 Å². The second-order valence-corrected chi connectivity index (χ2v) is 6.20. The molecule has 6 nitrogen and oxygen atoms in total. The molecule has 1 fully saturated rings. The van der Waals surface area contributed by atoms with Gasteiger partial charge < -0.3 is 14.6 Å².